The molecule has 0 atom stereocenters. The number of carbonyl (C=O) groups is 2. The first-order valence-electron chi connectivity index (χ1n) is 12.6. The largest absolute Gasteiger partial charge is 0.466 e. The van der Waals surface area contributed by atoms with E-state index in [0.29, 0.717) is 71.8 Å². The van der Waals surface area contributed by atoms with Crippen LogP contribution in [0.15, 0.2) is 9.70 Å². The summed E-state index contributed by atoms with van der Waals surface area (Å²) in [6.45, 7) is 9.96. The van der Waals surface area contributed by atoms with Crippen molar-refractivity contribution in [1.29, 1.82) is 5.26 Å². The fourth-order valence-electron chi connectivity index (χ4n) is 4.71. The Balaban J connectivity index is 2.04. The van der Waals surface area contributed by atoms with Gasteiger partial charge in [-0.2, -0.15) is 5.26 Å². The number of hydrogen-bond acceptors (Lipinski definition) is 8. The third-order valence-electron chi connectivity index (χ3n) is 6.71. The van der Waals surface area contributed by atoms with Crippen molar-refractivity contribution in [3.05, 3.63) is 31.9 Å². The zero-order chi connectivity index (χ0) is 26.4. The standard InChI is InChI=1S/C26H34N4O4S2/c1-5-8-9-12-30-24(32)21(36-26(30)35)15-19-17(4)20(16-27)23(31)29(6-2)22(19)28-13-10-18(11-14-28)25(33)34-7-3/h15,18H,5-14H2,1-4H3. The molecule has 0 radical (unpaired) electrons. The Labute approximate surface area is 222 Å². The topological polar surface area (TPSA) is 95.6 Å². The summed E-state index contributed by atoms with van der Waals surface area (Å²) in [5.74, 6) is 0.177. The number of esters is 1. The number of ether oxygens (including phenoxy) is 1. The average Bonchev–Trinajstić information content (AvgIpc) is 3.13. The number of hydrogen-bond donors (Lipinski definition) is 0. The zero-order valence-electron chi connectivity index (χ0n) is 21.5. The van der Waals surface area contributed by atoms with E-state index in [2.05, 4.69) is 17.9 Å². The van der Waals surface area contributed by atoms with Crippen molar-refractivity contribution in [3.63, 3.8) is 0 Å². The van der Waals surface area contributed by atoms with Crippen LogP contribution in [0.1, 0.15) is 69.6 Å². The number of anilines is 1. The summed E-state index contributed by atoms with van der Waals surface area (Å²) >= 11 is 6.75. The first-order chi connectivity index (χ1) is 17.3. The third kappa shape index (κ3) is 5.68. The van der Waals surface area contributed by atoms with Crippen molar-refractivity contribution in [2.45, 2.75) is 66.3 Å². The Morgan fingerprint density at radius 2 is 1.92 bits per heavy atom. The van der Waals surface area contributed by atoms with Gasteiger partial charge in [0.15, 0.2) is 0 Å². The second-order valence-electron chi connectivity index (χ2n) is 8.95. The number of nitriles is 1. The number of carbonyl (C=O) groups excluding carboxylic acids is 2. The smallest absolute Gasteiger partial charge is 0.309 e. The van der Waals surface area contributed by atoms with Gasteiger partial charge >= 0.3 is 5.97 Å². The van der Waals surface area contributed by atoms with Gasteiger partial charge in [0.05, 0.1) is 17.4 Å². The van der Waals surface area contributed by atoms with Crippen LogP contribution in [0.25, 0.3) is 6.08 Å². The van der Waals surface area contributed by atoms with Crippen molar-refractivity contribution in [1.82, 2.24) is 9.47 Å². The molecule has 0 aliphatic carbocycles. The van der Waals surface area contributed by atoms with E-state index in [1.807, 2.05) is 6.92 Å². The minimum absolute atomic E-state index is 0.0756. The number of amides is 1. The number of pyridine rings is 1. The number of aromatic nitrogens is 1. The summed E-state index contributed by atoms with van der Waals surface area (Å²) in [4.78, 5) is 42.9. The Kier molecular flexibility index (Phi) is 9.74. The van der Waals surface area contributed by atoms with E-state index in [4.69, 9.17) is 17.0 Å². The summed E-state index contributed by atoms with van der Waals surface area (Å²) in [7, 11) is 0. The number of unbranched alkanes of at least 4 members (excludes halogenated alkanes) is 2. The molecular weight excluding hydrogens is 496 g/mol. The lowest BCUT2D eigenvalue weighted by Crippen LogP contribution is -2.41. The van der Waals surface area contributed by atoms with E-state index < -0.39 is 0 Å². The van der Waals surface area contributed by atoms with Crippen molar-refractivity contribution >= 4 is 52.1 Å². The maximum Gasteiger partial charge on any atom is 0.309 e. The fourth-order valence-corrected chi connectivity index (χ4v) is 6.00. The maximum absolute atomic E-state index is 13.2. The molecule has 0 saturated carbocycles. The molecule has 0 spiro atoms. The predicted molar refractivity (Wildman–Crippen MR) is 147 cm³/mol. The van der Waals surface area contributed by atoms with Gasteiger partial charge in [0, 0.05) is 31.7 Å². The molecule has 2 aliphatic heterocycles. The van der Waals surface area contributed by atoms with Crippen molar-refractivity contribution in [3.8, 4) is 6.07 Å². The molecule has 2 fully saturated rings. The van der Waals surface area contributed by atoms with Gasteiger partial charge in [0.1, 0.15) is 21.8 Å². The molecule has 3 heterocycles. The third-order valence-corrected chi connectivity index (χ3v) is 8.09. The fraction of sp³-hybridized carbons (Fsp3) is 0.577. The van der Waals surface area contributed by atoms with Crippen LogP contribution in [-0.4, -0.2) is 51.9 Å². The highest BCUT2D eigenvalue weighted by atomic mass is 32.2. The first-order valence-corrected chi connectivity index (χ1v) is 13.9. The van der Waals surface area contributed by atoms with E-state index >= 15 is 0 Å². The van der Waals surface area contributed by atoms with Crippen molar-refractivity contribution < 1.29 is 14.3 Å². The van der Waals surface area contributed by atoms with Crippen LogP contribution < -0.4 is 10.5 Å². The van der Waals surface area contributed by atoms with Crippen LogP contribution in [0.5, 0.6) is 0 Å². The lowest BCUT2D eigenvalue weighted by atomic mass is 9.95. The molecule has 1 amide bonds. The van der Waals surface area contributed by atoms with Gasteiger partial charge < -0.3 is 9.64 Å². The SMILES string of the molecule is CCCCCN1C(=O)C(=Cc2c(C)c(C#N)c(=O)n(CC)c2N2CCC(C(=O)OCC)CC2)SC1=S. The molecule has 3 rings (SSSR count). The molecule has 2 aliphatic rings. The zero-order valence-corrected chi connectivity index (χ0v) is 23.1. The van der Waals surface area contributed by atoms with Crippen LogP contribution in [0.2, 0.25) is 0 Å². The van der Waals surface area contributed by atoms with Crippen LogP contribution in [-0.2, 0) is 20.9 Å². The van der Waals surface area contributed by atoms with Gasteiger partial charge in [-0.15, -0.1) is 0 Å². The van der Waals surface area contributed by atoms with E-state index in [1.165, 1.54) is 11.8 Å². The molecule has 0 unspecified atom stereocenters. The Morgan fingerprint density at radius 1 is 1.22 bits per heavy atom. The molecule has 0 N–H and O–H groups in total. The van der Waals surface area contributed by atoms with Crippen LogP contribution >= 0.6 is 24.0 Å². The molecule has 0 bridgehead atoms. The lowest BCUT2D eigenvalue weighted by Gasteiger charge is -2.35. The second-order valence-corrected chi connectivity index (χ2v) is 10.6. The number of thioether (sulfide) groups is 1. The summed E-state index contributed by atoms with van der Waals surface area (Å²) in [5, 5.41) is 9.76. The van der Waals surface area contributed by atoms with Gasteiger partial charge in [-0.25, -0.2) is 0 Å². The van der Waals surface area contributed by atoms with Gasteiger partial charge in [-0.1, -0.05) is 43.7 Å². The van der Waals surface area contributed by atoms with Crippen LogP contribution in [0.4, 0.5) is 5.82 Å². The second kappa shape index (κ2) is 12.5. The summed E-state index contributed by atoms with van der Waals surface area (Å²) < 4.78 is 7.33. The average molecular weight is 531 g/mol. The van der Waals surface area contributed by atoms with E-state index in [-0.39, 0.29) is 28.9 Å². The van der Waals surface area contributed by atoms with E-state index in [1.54, 1.807) is 29.4 Å². The molecule has 2 saturated heterocycles. The van der Waals surface area contributed by atoms with Gasteiger partial charge in [0.2, 0.25) is 0 Å². The van der Waals surface area contributed by atoms with E-state index in [9.17, 15) is 19.6 Å². The normalized spacial score (nSPS) is 17.7. The van der Waals surface area contributed by atoms with Gasteiger partial charge in [-0.3, -0.25) is 23.9 Å². The van der Waals surface area contributed by atoms with E-state index in [0.717, 1.165) is 19.3 Å². The van der Waals surface area contributed by atoms with Crippen molar-refractivity contribution in [2.24, 2.45) is 5.92 Å². The molecule has 1 aromatic heterocycles. The number of thiocarbonyl (C=S) groups is 1. The number of piperidine rings is 1. The molecule has 10 heteroatoms. The maximum atomic E-state index is 13.2. The molecule has 0 aromatic carbocycles. The monoisotopic (exact) mass is 530 g/mol. The molecule has 8 nitrogen and oxygen atoms in total. The summed E-state index contributed by atoms with van der Waals surface area (Å²) in [5.41, 5.74) is 0.957. The highest BCUT2D eigenvalue weighted by molar-refractivity contribution is 8.26. The predicted octanol–water partition coefficient (Wildman–Crippen LogP) is 4.22. The highest BCUT2D eigenvalue weighted by Crippen LogP contribution is 2.37. The minimum atomic E-state index is -0.343. The number of nitrogens with zero attached hydrogens (tertiary/aromatic N) is 4. The molecular formula is C26H34N4O4S2. The van der Waals surface area contributed by atoms with Crippen LogP contribution in [0.3, 0.4) is 0 Å². The minimum Gasteiger partial charge on any atom is -0.466 e. The van der Waals surface area contributed by atoms with Gasteiger partial charge in [0.25, 0.3) is 11.5 Å². The molecule has 194 valence electrons. The Morgan fingerprint density at radius 3 is 2.50 bits per heavy atom. The summed E-state index contributed by atoms with van der Waals surface area (Å²) in [6.07, 6.45) is 5.95. The Bertz CT molecular complexity index is 1160. The molecule has 1 aromatic rings. The van der Waals surface area contributed by atoms with Crippen LogP contribution in [0, 0.1) is 24.2 Å². The highest BCUT2D eigenvalue weighted by Gasteiger charge is 2.34. The number of rotatable bonds is 9. The Hall–Kier alpha value is -2.64. The summed E-state index contributed by atoms with van der Waals surface area (Å²) in [6, 6.07) is 2.06. The van der Waals surface area contributed by atoms with Gasteiger partial charge in [-0.05, 0) is 51.7 Å². The quantitative estimate of drug-likeness (QED) is 0.203. The van der Waals surface area contributed by atoms with Crippen molar-refractivity contribution in [2.75, 3.05) is 31.1 Å². The first kappa shape index (κ1) is 27.9. The molecule has 36 heavy (non-hydrogen) atoms. The lowest BCUT2D eigenvalue weighted by molar-refractivity contribution is -0.148.